The molecule has 0 spiro atoms. The van der Waals surface area contributed by atoms with Gasteiger partial charge in [0.2, 0.25) is 0 Å². The molecule has 240 valence electrons. The highest BCUT2D eigenvalue weighted by Crippen LogP contribution is 2.32. The molecule has 1 unspecified atom stereocenters. The van der Waals surface area contributed by atoms with Crippen LogP contribution in [0.3, 0.4) is 0 Å². The first kappa shape index (κ1) is 32.6. The summed E-state index contributed by atoms with van der Waals surface area (Å²) in [7, 11) is 0. The van der Waals surface area contributed by atoms with Gasteiger partial charge in [0.1, 0.15) is 12.2 Å². The van der Waals surface area contributed by atoms with Gasteiger partial charge in [-0.15, -0.1) is 0 Å². The average Bonchev–Trinajstić information content (AvgIpc) is 3.44. The van der Waals surface area contributed by atoms with Crippen molar-refractivity contribution in [3.8, 4) is 0 Å². The fraction of sp³-hybridized carbons (Fsp3) is 0.364. The molecule has 13 heteroatoms. The second kappa shape index (κ2) is 15.0. The van der Waals surface area contributed by atoms with E-state index in [1.54, 1.807) is 105 Å². The Labute approximate surface area is 264 Å². The van der Waals surface area contributed by atoms with E-state index in [0.29, 0.717) is 0 Å². The number of rotatable bonds is 11. The Bertz CT molecular complexity index is 1530. The molecule has 6 atom stereocenters. The lowest BCUT2D eigenvalue weighted by atomic mass is 9.97. The van der Waals surface area contributed by atoms with E-state index in [4.69, 9.17) is 38.7 Å². The molecule has 3 aromatic rings. The summed E-state index contributed by atoms with van der Waals surface area (Å²) in [5.74, 6) is -3.17. The molecule has 2 aliphatic heterocycles. The van der Waals surface area contributed by atoms with Gasteiger partial charge in [0, 0.05) is 4.91 Å². The van der Waals surface area contributed by atoms with E-state index in [-0.39, 0.29) is 36.4 Å². The van der Waals surface area contributed by atoms with Crippen molar-refractivity contribution in [1.82, 2.24) is 0 Å². The van der Waals surface area contributed by atoms with Crippen LogP contribution in [0.25, 0.3) is 10.4 Å². The molecule has 0 amide bonds. The molecule has 0 aliphatic carbocycles. The van der Waals surface area contributed by atoms with Gasteiger partial charge in [0.05, 0.1) is 36.4 Å². The van der Waals surface area contributed by atoms with Gasteiger partial charge in [-0.25, -0.2) is 14.4 Å². The van der Waals surface area contributed by atoms with Crippen molar-refractivity contribution in [2.24, 2.45) is 5.11 Å². The topological polar surface area (TPSA) is 165 Å². The van der Waals surface area contributed by atoms with E-state index in [2.05, 4.69) is 10.0 Å². The zero-order valence-electron chi connectivity index (χ0n) is 25.2. The summed E-state index contributed by atoms with van der Waals surface area (Å²) < 4.78 is 41.6. The van der Waals surface area contributed by atoms with Crippen LogP contribution in [0.5, 0.6) is 0 Å². The van der Waals surface area contributed by atoms with Crippen LogP contribution in [0.4, 0.5) is 0 Å². The van der Waals surface area contributed by atoms with Crippen LogP contribution in [-0.2, 0) is 33.2 Å². The molecule has 0 saturated carbocycles. The van der Waals surface area contributed by atoms with Crippen molar-refractivity contribution in [3.05, 3.63) is 118 Å². The number of carbonyl (C=O) groups is 3. The minimum Gasteiger partial charge on any atom is -0.452 e. The van der Waals surface area contributed by atoms with Crippen molar-refractivity contribution in [3.63, 3.8) is 0 Å². The quantitative estimate of drug-likeness (QED) is 0.0938. The summed E-state index contributed by atoms with van der Waals surface area (Å²) in [6, 6.07) is 24.4. The van der Waals surface area contributed by atoms with Crippen LogP contribution in [0.15, 0.2) is 96.1 Å². The number of hydrogen-bond acceptors (Lipinski definition) is 11. The number of ether oxygens (including phenoxy) is 7. The largest absolute Gasteiger partial charge is 0.452 e. The Morgan fingerprint density at radius 1 is 0.783 bits per heavy atom. The summed E-state index contributed by atoms with van der Waals surface area (Å²) in [5, 5.41) is 3.64. The number of nitrogens with zero attached hydrogens (tertiary/aromatic N) is 3. The zero-order valence-corrected chi connectivity index (χ0v) is 25.2. The van der Waals surface area contributed by atoms with E-state index in [9.17, 15) is 14.4 Å². The fourth-order valence-corrected chi connectivity index (χ4v) is 5.02. The molecule has 0 bridgehead atoms. The fourth-order valence-electron chi connectivity index (χ4n) is 5.02. The maximum absolute atomic E-state index is 13.5. The first-order valence-electron chi connectivity index (χ1n) is 14.6. The zero-order chi connectivity index (χ0) is 32.5. The van der Waals surface area contributed by atoms with Crippen LogP contribution in [0.1, 0.15) is 44.9 Å². The third kappa shape index (κ3) is 8.27. The first-order chi connectivity index (χ1) is 22.2. The predicted molar refractivity (Wildman–Crippen MR) is 160 cm³/mol. The summed E-state index contributed by atoms with van der Waals surface area (Å²) in [4.78, 5) is 43.1. The molecule has 0 radical (unpaired) electrons. The standard InChI is InChI=1S/C33H33N3O10/c1-33(2)41-20-24(46-33)19-40-32-28(45-31(39)23-16-10-5-11-17-23)27(44-30(38)22-14-8-4-9-15-22)26(25(42-32)18-35-36-34)43-29(37)21-12-6-3-7-13-21/h3-17,24-28,32H,18-20H2,1-2H3/t24?,25-,26-,27+,28+,32-/m1/s1. The van der Waals surface area contributed by atoms with Gasteiger partial charge in [-0.3, -0.25) is 0 Å². The van der Waals surface area contributed by atoms with Gasteiger partial charge in [-0.1, -0.05) is 59.7 Å². The summed E-state index contributed by atoms with van der Waals surface area (Å²) in [6.45, 7) is 3.35. The average molecular weight is 632 g/mol. The van der Waals surface area contributed by atoms with Crippen LogP contribution >= 0.6 is 0 Å². The normalized spacial score (nSPS) is 25.1. The maximum Gasteiger partial charge on any atom is 0.338 e. The van der Waals surface area contributed by atoms with Crippen molar-refractivity contribution in [2.75, 3.05) is 19.8 Å². The Morgan fingerprint density at radius 3 is 1.72 bits per heavy atom. The van der Waals surface area contributed by atoms with Gasteiger partial charge in [0.25, 0.3) is 0 Å². The Morgan fingerprint density at radius 2 is 1.26 bits per heavy atom. The van der Waals surface area contributed by atoms with E-state index < -0.39 is 60.5 Å². The first-order valence-corrected chi connectivity index (χ1v) is 14.6. The van der Waals surface area contributed by atoms with E-state index in [1.165, 1.54) is 0 Å². The van der Waals surface area contributed by atoms with Crippen molar-refractivity contribution in [1.29, 1.82) is 0 Å². The molecule has 2 aliphatic rings. The highest BCUT2D eigenvalue weighted by molar-refractivity contribution is 5.91. The molecule has 2 saturated heterocycles. The lowest BCUT2D eigenvalue weighted by molar-refractivity contribution is -0.296. The molecule has 3 aromatic carbocycles. The predicted octanol–water partition coefficient (Wildman–Crippen LogP) is 4.87. The summed E-state index contributed by atoms with van der Waals surface area (Å²) >= 11 is 0. The van der Waals surface area contributed by atoms with E-state index in [1.807, 2.05) is 0 Å². The van der Waals surface area contributed by atoms with Gasteiger partial charge in [-0.05, 0) is 55.8 Å². The Balaban J connectivity index is 1.52. The molecule has 46 heavy (non-hydrogen) atoms. The number of azide groups is 1. The molecular weight excluding hydrogens is 598 g/mol. The number of benzene rings is 3. The molecule has 0 aromatic heterocycles. The van der Waals surface area contributed by atoms with Crippen LogP contribution in [0, 0.1) is 0 Å². The minimum absolute atomic E-state index is 0.0600. The van der Waals surface area contributed by atoms with Crippen molar-refractivity contribution in [2.45, 2.75) is 56.4 Å². The SMILES string of the molecule is CC1(C)OCC(CO[C@@H]2O[C@H](CN=[N+]=[N-])[C@@H](OC(=O)c3ccccc3)[C@H](OC(=O)c3ccccc3)[C@@H]2OC(=O)c2ccccc2)O1. The van der Waals surface area contributed by atoms with Gasteiger partial charge < -0.3 is 33.2 Å². The second-order valence-corrected chi connectivity index (χ2v) is 10.9. The van der Waals surface area contributed by atoms with Crippen LogP contribution in [0.2, 0.25) is 0 Å². The van der Waals surface area contributed by atoms with Crippen molar-refractivity contribution >= 4 is 17.9 Å². The Hall–Kier alpha value is -4.78. The number of esters is 3. The number of carbonyl (C=O) groups excluding carboxylic acids is 3. The Kier molecular flexibility index (Phi) is 10.6. The van der Waals surface area contributed by atoms with Crippen LogP contribution < -0.4 is 0 Å². The second-order valence-electron chi connectivity index (χ2n) is 10.9. The molecule has 5 rings (SSSR count). The van der Waals surface area contributed by atoms with E-state index in [0.717, 1.165) is 0 Å². The lowest BCUT2D eigenvalue weighted by Gasteiger charge is -2.44. The highest BCUT2D eigenvalue weighted by Gasteiger charge is 2.53. The third-order valence-corrected chi connectivity index (χ3v) is 7.19. The molecule has 2 fully saturated rings. The van der Waals surface area contributed by atoms with Crippen molar-refractivity contribution < 1.29 is 47.5 Å². The summed E-state index contributed by atoms with van der Waals surface area (Å²) in [6.07, 6.45) is -7.37. The summed E-state index contributed by atoms with van der Waals surface area (Å²) in [5.41, 5.74) is 9.74. The molecular formula is C33H33N3O10. The van der Waals surface area contributed by atoms with Gasteiger partial charge in [0.15, 0.2) is 30.4 Å². The molecule has 2 heterocycles. The van der Waals surface area contributed by atoms with Gasteiger partial charge >= 0.3 is 17.9 Å². The lowest BCUT2D eigenvalue weighted by Crippen LogP contribution is -2.63. The number of hydrogen-bond donors (Lipinski definition) is 0. The van der Waals surface area contributed by atoms with Gasteiger partial charge in [-0.2, -0.15) is 0 Å². The monoisotopic (exact) mass is 631 g/mol. The highest BCUT2D eigenvalue weighted by atomic mass is 16.8. The third-order valence-electron chi connectivity index (χ3n) is 7.19. The smallest absolute Gasteiger partial charge is 0.338 e. The van der Waals surface area contributed by atoms with Crippen LogP contribution in [-0.4, -0.2) is 80.3 Å². The molecule has 0 N–H and O–H groups in total. The minimum atomic E-state index is -1.47. The maximum atomic E-state index is 13.5. The van der Waals surface area contributed by atoms with E-state index >= 15 is 0 Å². The molecule has 13 nitrogen and oxygen atoms in total.